The van der Waals surface area contributed by atoms with E-state index in [0.717, 1.165) is 32.1 Å². The Morgan fingerprint density at radius 2 is 1.81 bits per heavy atom. The van der Waals surface area contributed by atoms with Gasteiger partial charge < -0.3 is 15.7 Å². The molecule has 0 radical (unpaired) electrons. The number of nitrogens with zero attached hydrogens (tertiary/aromatic N) is 3. The van der Waals surface area contributed by atoms with E-state index in [2.05, 4.69) is 26.3 Å². The standard InChI is InChI=1S/C19H28N6O4.C2H6/c1-25-10-9-15(24-25)21-17(26)16(13-3-2-4-13)22-23-19(29)20-11-12-5-7-14(8-6-12)18(27)28;1-2/h9-10,12-14H,2-8,11H2,1H3,(H,27,28)(H2,20,23,29)(H,21,24,26);1-2H3/b22-16-;. The van der Waals surface area contributed by atoms with Gasteiger partial charge in [-0.05, 0) is 44.4 Å². The number of carboxylic acids is 1. The SMILES string of the molecule is CC.Cn1ccc(NC(=O)/C(=N\NC(=O)NCC2CCC(C(=O)O)CC2)C2CCC2)n1. The molecule has 3 amide bonds. The summed E-state index contributed by atoms with van der Waals surface area (Å²) in [4.78, 5) is 35.7. The largest absolute Gasteiger partial charge is 0.481 e. The molecule has 0 bridgehead atoms. The molecule has 0 saturated heterocycles. The number of rotatable bonds is 7. The van der Waals surface area contributed by atoms with Crippen LogP contribution < -0.4 is 16.1 Å². The molecule has 10 nitrogen and oxygen atoms in total. The van der Waals surface area contributed by atoms with E-state index in [1.807, 2.05) is 13.8 Å². The summed E-state index contributed by atoms with van der Waals surface area (Å²) in [6.07, 6.45) is 7.33. The van der Waals surface area contributed by atoms with Crippen molar-refractivity contribution in [3.8, 4) is 0 Å². The van der Waals surface area contributed by atoms with Crippen molar-refractivity contribution >= 4 is 29.4 Å². The molecule has 1 aromatic heterocycles. The highest BCUT2D eigenvalue weighted by Gasteiger charge is 2.29. The van der Waals surface area contributed by atoms with Crippen LogP contribution in [0.4, 0.5) is 10.6 Å². The summed E-state index contributed by atoms with van der Waals surface area (Å²) in [6, 6.07) is 1.23. The monoisotopic (exact) mass is 434 g/mol. The van der Waals surface area contributed by atoms with Crippen LogP contribution in [0.2, 0.25) is 0 Å². The van der Waals surface area contributed by atoms with E-state index in [1.54, 1.807) is 24.0 Å². The van der Waals surface area contributed by atoms with Crippen LogP contribution in [0.3, 0.4) is 0 Å². The minimum absolute atomic E-state index is 0.0327. The lowest BCUT2D eigenvalue weighted by Crippen LogP contribution is -2.40. The van der Waals surface area contributed by atoms with E-state index in [-0.39, 0.29) is 23.7 Å². The molecule has 2 aliphatic rings. The third-order valence-electron chi connectivity index (χ3n) is 5.70. The van der Waals surface area contributed by atoms with Gasteiger partial charge in [0.25, 0.3) is 5.91 Å². The summed E-state index contributed by atoms with van der Waals surface area (Å²) in [5.74, 6) is -0.640. The number of hydrogen-bond donors (Lipinski definition) is 4. The van der Waals surface area contributed by atoms with Crippen LogP contribution in [0.5, 0.6) is 0 Å². The van der Waals surface area contributed by atoms with Crippen LogP contribution >= 0.6 is 0 Å². The Kier molecular flexibility index (Phi) is 9.48. The molecular formula is C21H34N6O4. The molecular weight excluding hydrogens is 400 g/mol. The summed E-state index contributed by atoms with van der Waals surface area (Å²) < 4.78 is 1.59. The summed E-state index contributed by atoms with van der Waals surface area (Å²) >= 11 is 0. The van der Waals surface area contributed by atoms with Gasteiger partial charge in [-0.1, -0.05) is 20.3 Å². The number of urea groups is 1. The number of aromatic nitrogens is 2. The maximum absolute atomic E-state index is 12.5. The van der Waals surface area contributed by atoms with E-state index in [1.165, 1.54) is 0 Å². The van der Waals surface area contributed by atoms with Crippen molar-refractivity contribution in [1.29, 1.82) is 0 Å². The van der Waals surface area contributed by atoms with Gasteiger partial charge >= 0.3 is 12.0 Å². The van der Waals surface area contributed by atoms with Crippen LogP contribution in [0, 0.1) is 17.8 Å². The van der Waals surface area contributed by atoms with Gasteiger partial charge in [0.15, 0.2) is 5.82 Å². The van der Waals surface area contributed by atoms with Crippen molar-refractivity contribution in [3.63, 3.8) is 0 Å². The Morgan fingerprint density at radius 3 is 2.32 bits per heavy atom. The molecule has 2 saturated carbocycles. The van der Waals surface area contributed by atoms with Crippen LogP contribution in [0.15, 0.2) is 17.4 Å². The molecule has 0 atom stereocenters. The normalized spacial score (nSPS) is 21.2. The Hall–Kier alpha value is -2.91. The van der Waals surface area contributed by atoms with E-state index in [9.17, 15) is 14.4 Å². The summed E-state index contributed by atoms with van der Waals surface area (Å²) in [5.41, 5.74) is 2.73. The van der Waals surface area contributed by atoms with E-state index < -0.39 is 12.0 Å². The Labute approximate surface area is 182 Å². The second kappa shape index (κ2) is 12.1. The van der Waals surface area contributed by atoms with Gasteiger partial charge in [-0.3, -0.25) is 14.3 Å². The first-order valence-corrected chi connectivity index (χ1v) is 11.1. The number of amides is 3. The number of carbonyl (C=O) groups excluding carboxylic acids is 2. The van der Waals surface area contributed by atoms with Crippen molar-refractivity contribution in [2.45, 2.75) is 58.8 Å². The van der Waals surface area contributed by atoms with Gasteiger partial charge in [-0.25, -0.2) is 10.2 Å². The molecule has 0 unspecified atom stereocenters. The smallest absolute Gasteiger partial charge is 0.335 e. The fourth-order valence-electron chi connectivity index (χ4n) is 3.67. The first kappa shape index (κ1) is 24.4. The maximum Gasteiger partial charge on any atom is 0.335 e. The fraction of sp³-hybridized carbons (Fsp3) is 0.667. The van der Waals surface area contributed by atoms with Gasteiger partial charge in [0.1, 0.15) is 5.71 Å². The number of aryl methyl sites for hydroxylation is 1. The van der Waals surface area contributed by atoms with Gasteiger partial charge in [-0.2, -0.15) is 10.2 Å². The van der Waals surface area contributed by atoms with Gasteiger partial charge in [-0.15, -0.1) is 0 Å². The Balaban J connectivity index is 0.00000166. The highest BCUT2D eigenvalue weighted by Crippen LogP contribution is 2.29. The van der Waals surface area contributed by atoms with Crippen molar-refractivity contribution in [2.24, 2.45) is 29.9 Å². The van der Waals surface area contributed by atoms with E-state index >= 15 is 0 Å². The van der Waals surface area contributed by atoms with Gasteiger partial charge in [0, 0.05) is 31.8 Å². The number of hydrogen-bond acceptors (Lipinski definition) is 5. The first-order valence-electron chi connectivity index (χ1n) is 11.1. The summed E-state index contributed by atoms with van der Waals surface area (Å²) in [7, 11) is 1.76. The molecule has 0 aliphatic heterocycles. The van der Waals surface area contributed by atoms with Crippen molar-refractivity contribution in [3.05, 3.63) is 12.3 Å². The fourth-order valence-corrected chi connectivity index (χ4v) is 3.67. The molecule has 3 rings (SSSR count). The van der Waals surface area contributed by atoms with E-state index in [4.69, 9.17) is 5.11 Å². The van der Waals surface area contributed by atoms with Crippen molar-refractivity contribution < 1.29 is 19.5 Å². The lowest BCUT2D eigenvalue weighted by atomic mass is 9.81. The van der Waals surface area contributed by atoms with Crippen LogP contribution in [0.1, 0.15) is 58.8 Å². The molecule has 0 spiro atoms. The third kappa shape index (κ3) is 7.37. The second-order valence-electron chi connectivity index (χ2n) is 7.83. The predicted octanol–water partition coefficient (Wildman–Crippen LogP) is 2.73. The molecule has 0 aromatic carbocycles. The number of carbonyl (C=O) groups is 3. The topological polar surface area (TPSA) is 138 Å². The lowest BCUT2D eigenvalue weighted by molar-refractivity contribution is -0.143. The zero-order valence-electron chi connectivity index (χ0n) is 18.6. The number of nitrogens with one attached hydrogen (secondary N) is 3. The molecule has 2 fully saturated rings. The van der Waals surface area contributed by atoms with Crippen molar-refractivity contribution in [2.75, 3.05) is 11.9 Å². The Morgan fingerprint density at radius 1 is 1.13 bits per heavy atom. The minimum atomic E-state index is -0.740. The molecule has 4 N–H and O–H groups in total. The quantitative estimate of drug-likeness (QED) is 0.386. The molecule has 172 valence electrons. The van der Waals surface area contributed by atoms with Crippen LogP contribution in [-0.4, -0.2) is 45.1 Å². The van der Waals surface area contributed by atoms with Crippen LogP contribution in [-0.2, 0) is 16.6 Å². The second-order valence-corrected chi connectivity index (χ2v) is 7.83. The van der Waals surface area contributed by atoms with Gasteiger partial charge in [0.2, 0.25) is 0 Å². The maximum atomic E-state index is 12.5. The highest BCUT2D eigenvalue weighted by atomic mass is 16.4. The molecule has 10 heteroatoms. The lowest BCUT2D eigenvalue weighted by Gasteiger charge is -2.26. The third-order valence-corrected chi connectivity index (χ3v) is 5.70. The number of anilines is 1. The number of aliphatic carboxylic acids is 1. The average molecular weight is 435 g/mol. The van der Waals surface area contributed by atoms with Gasteiger partial charge in [0.05, 0.1) is 5.92 Å². The average Bonchev–Trinajstić information content (AvgIpc) is 3.14. The predicted molar refractivity (Wildman–Crippen MR) is 118 cm³/mol. The first-order chi connectivity index (χ1) is 14.9. The van der Waals surface area contributed by atoms with E-state index in [0.29, 0.717) is 30.9 Å². The zero-order chi connectivity index (χ0) is 22.8. The summed E-state index contributed by atoms with van der Waals surface area (Å²) in [6.45, 7) is 4.46. The van der Waals surface area contributed by atoms with Crippen molar-refractivity contribution in [1.82, 2.24) is 20.5 Å². The molecule has 1 aromatic rings. The minimum Gasteiger partial charge on any atom is -0.481 e. The Bertz CT molecular complexity index is 779. The summed E-state index contributed by atoms with van der Waals surface area (Å²) in [5, 5.41) is 22.7. The molecule has 31 heavy (non-hydrogen) atoms. The highest BCUT2D eigenvalue weighted by molar-refractivity contribution is 6.43. The van der Waals surface area contributed by atoms with Crippen LogP contribution in [0.25, 0.3) is 0 Å². The number of carboxylic acid groups (broad SMARTS) is 1. The zero-order valence-corrected chi connectivity index (χ0v) is 18.6. The molecule has 2 aliphatic carbocycles. The molecule has 1 heterocycles. The number of hydrazone groups is 1.